The molecular weight excluding hydrogens is 206 g/mol. The van der Waals surface area contributed by atoms with Crippen molar-refractivity contribution in [1.29, 1.82) is 0 Å². The van der Waals surface area contributed by atoms with Crippen LogP contribution in [0.1, 0.15) is 20.3 Å². The lowest BCUT2D eigenvalue weighted by atomic mass is 10.0. The van der Waals surface area contributed by atoms with E-state index in [2.05, 4.69) is 5.32 Å². The second kappa shape index (κ2) is 4.99. The summed E-state index contributed by atoms with van der Waals surface area (Å²) in [6, 6.07) is 6.34. The van der Waals surface area contributed by atoms with Crippen LogP contribution >= 0.6 is 0 Å². The third-order valence-corrected chi connectivity index (χ3v) is 2.29. The average molecular weight is 223 g/mol. The maximum absolute atomic E-state index is 11.6. The number of methoxy groups -OCH3 is 1. The number of rotatable bonds is 4. The van der Waals surface area contributed by atoms with Gasteiger partial charge in [-0.15, -0.1) is 0 Å². The Morgan fingerprint density at radius 2 is 1.94 bits per heavy atom. The van der Waals surface area contributed by atoms with Crippen molar-refractivity contribution >= 4 is 11.6 Å². The molecule has 0 unspecified atom stereocenters. The van der Waals surface area contributed by atoms with Gasteiger partial charge in [-0.05, 0) is 38.1 Å². The number of benzene rings is 1. The van der Waals surface area contributed by atoms with Crippen molar-refractivity contribution in [2.45, 2.75) is 25.9 Å². The van der Waals surface area contributed by atoms with Gasteiger partial charge in [-0.1, -0.05) is 0 Å². The number of ether oxygens (including phenoxy) is 1. The van der Waals surface area contributed by atoms with Crippen LogP contribution in [-0.2, 0) is 9.53 Å². The van der Waals surface area contributed by atoms with E-state index in [0.717, 1.165) is 0 Å². The molecule has 0 aliphatic carbocycles. The van der Waals surface area contributed by atoms with E-state index in [-0.39, 0.29) is 18.1 Å². The van der Waals surface area contributed by atoms with E-state index in [0.29, 0.717) is 5.69 Å². The predicted octanol–water partition coefficient (Wildman–Crippen LogP) is 2.15. The first-order chi connectivity index (χ1) is 7.43. The average Bonchev–Trinajstić information content (AvgIpc) is 2.21. The number of hydrogen-bond donors (Lipinski definition) is 2. The highest BCUT2D eigenvalue weighted by molar-refractivity contribution is 5.91. The van der Waals surface area contributed by atoms with Gasteiger partial charge in [-0.3, -0.25) is 4.79 Å². The molecule has 0 aromatic heterocycles. The molecule has 1 amide bonds. The van der Waals surface area contributed by atoms with Crippen LogP contribution in [0.4, 0.5) is 5.69 Å². The van der Waals surface area contributed by atoms with Gasteiger partial charge < -0.3 is 15.2 Å². The summed E-state index contributed by atoms with van der Waals surface area (Å²) in [5, 5.41) is 11.8. The highest BCUT2D eigenvalue weighted by atomic mass is 16.5. The Kier molecular flexibility index (Phi) is 3.90. The zero-order chi connectivity index (χ0) is 12.2. The SMILES string of the molecule is COC(C)(C)CC(=O)Nc1ccc(O)cc1. The van der Waals surface area contributed by atoms with Gasteiger partial charge in [0.2, 0.25) is 5.91 Å². The predicted molar refractivity (Wildman–Crippen MR) is 62.4 cm³/mol. The fourth-order valence-corrected chi connectivity index (χ4v) is 1.21. The highest BCUT2D eigenvalue weighted by Crippen LogP contribution is 2.17. The molecule has 0 aliphatic heterocycles. The van der Waals surface area contributed by atoms with Crippen molar-refractivity contribution in [3.63, 3.8) is 0 Å². The smallest absolute Gasteiger partial charge is 0.227 e. The zero-order valence-electron chi connectivity index (χ0n) is 9.78. The molecule has 1 aromatic rings. The van der Waals surface area contributed by atoms with Crippen LogP contribution in [0.5, 0.6) is 5.75 Å². The topological polar surface area (TPSA) is 58.6 Å². The Labute approximate surface area is 95.2 Å². The van der Waals surface area contributed by atoms with Gasteiger partial charge in [0.15, 0.2) is 0 Å². The molecule has 0 saturated carbocycles. The molecule has 0 aliphatic rings. The summed E-state index contributed by atoms with van der Waals surface area (Å²) in [5.74, 6) is 0.0627. The summed E-state index contributed by atoms with van der Waals surface area (Å²) in [7, 11) is 1.58. The Morgan fingerprint density at radius 3 is 2.44 bits per heavy atom. The second-order valence-corrected chi connectivity index (χ2v) is 4.24. The van der Waals surface area contributed by atoms with E-state index in [4.69, 9.17) is 9.84 Å². The van der Waals surface area contributed by atoms with Crippen LogP contribution in [0.2, 0.25) is 0 Å². The van der Waals surface area contributed by atoms with Crippen LogP contribution in [0, 0.1) is 0 Å². The van der Waals surface area contributed by atoms with Gasteiger partial charge in [0.25, 0.3) is 0 Å². The molecule has 0 atom stereocenters. The molecule has 2 N–H and O–H groups in total. The van der Waals surface area contributed by atoms with E-state index in [1.54, 1.807) is 19.2 Å². The van der Waals surface area contributed by atoms with E-state index < -0.39 is 5.60 Å². The minimum absolute atomic E-state index is 0.113. The molecule has 88 valence electrons. The molecule has 0 spiro atoms. The van der Waals surface area contributed by atoms with Crippen molar-refractivity contribution in [2.24, 2.45) is 0 Å². The number of phenolic OH excluding ortho intramolecular Hbond substituents is 1. The number of carbonyl (C=O) groups is 1. The molecule has 16 heavy (non-hydrogen) atoms. The van der Waals surface area contributed by atoms with Crippen LogP contribution in [0.15, 0.2) is 24.3 Å². The fraction of sp³-hybridized carbons (Fsp3) is 0.417. The van der Waals surface area contributed by atoms with Crippen molar-refractivity contribution in [2.75, 3.05) is 12.4 Å². The fourth-order valence-electron chi connectivity index (χ4n) is 1.21. The molecular formula is C12H17NO3. The highest BCUT2D eigenvalue weighted by Gasteiger charge is 2.20. The lowest BCUT2D eigenvalue weighted by molar-refractivity contribution is -0.121. The van der Waals surface area contributed by atoms with Gasteiger partial charge in [-0.25, -0.2) is 0 Å². The molecule has 0 heterocycles. The lowest BCUT2D eigenvalue weighted by Gasteiger charge is -2.21. The third-order valence-electron chi connectivity index (χ3n) is 2.29. The third kappa shape index (κ3) is 3.90. The largest absolute Gasteiger partial charge is 0.508 e. The summed E-state index contributed by atoms with van der Waals surface area (Å²) in [6.07, 6.45) is 0.282. The van der Waals surface area contributed by atoms with Gasteiger partial charge in [0.05, 0.1) is 12.0 Å². The van der Waals surface area contributed by atoms with Crippen molar-refractivity contribution in [3.8, 4) is 5.75 Å². The Balaban J connectivity index is 2.55. The summed E-state index contributed by atoms with van der Waals surface area (Å²) in [4.78, 5) is 11.6. The number of phenols is 1. The lowest BCUT2D eigenvalue weighted by Crippen LogP contribution is -2.29. The normalized spacial score (nSPS) is 11.2. The minimum Gasteiger partial charge on any atom is -0.508 e. The van der Waals surface area contributed by atoms with Crippen LogP contribution in [0.25, 0.3) is 0 Å². The molecule has 0 bridgehead atoms. The molecule has 4 heteroatoms. The van der Waals surface area contributed by atoms with E-state index in [9.17, 15) is 4.79 Å². The molecule has 0 radical (unpaired) electrons. The molecule has 0 fully saturated rings. The number of aromatic hydroxyl groups is 1. The number of hydrogen-bond acceptors (Lipinski definition) is 3. The maximum atomic E-state index is 11.6. The quantitative estimate of drug-likeness (QED) is 0.769. The number of carbonyl (C=O) groups excluding carboxylic acids is 1. The summed E-state index contributed by atoms with van der Waals surface area (Å²) in [6.45, 7) is 3.70. The zero-order valence-corrected chi connectivity index (χ0v) is 9.78. The van der Waals surface area contributed by atoms with E-state index in [1.165, 1.54) is 12.1 Å². The van der Waals surface area contributed by atoms with Gasteiger partial charge in [0, 0.05) is 12.8 Å². The first-order valence-electron chi connectivity index (χ1n) is 5.07. The number of amides is 1. The summed E-state index contributed by atoms with van der Waals surface area (Å²) < 4.78 is 5.16. The van der Waals surface area contributed by atoms with E-state index in [1.807, 2.05) is 13.8 Å². The van der Waals surface area contributed by atoms with Gasteiger partial charge >= 0.3 is 0 Å². The van der Waals surface area contributed by atoms with Gasteiger partial charge in [0.1, 0.15) is 5.75 Å². The minimum atomic E-state index is -0.471. The first kappa shape index (κ1) is 12.5. The molecule has 4 nitrogen and oxygen atoms in total. The van der Waals surface area contributed by atoms with Crippen molar-refractivity contribution in [1.82, 2.24) is 0 Å². The van der Waals surface area contributed by atoms with E-state index >= 15 is 0 Å². The Hall–Kier alpha value is -1.55. The molecule has 0 saturated heterocycles. The monoisotopic (exact) mass is 223 g/mol. The Morgan fingerprint density at radius 1 is 1.38 bits per heavy atom. The summed E-state index contributed by atoms with van der Waals surface area (Å²) in [5.41, 5.74) is 0.191. The molecule has 1 rings (SSSR count). The standard InChI is InChI=1S/C12H17NO3/c1-12(2,16-3)8-11(15)13-9-4-6-10(14)7-5-9/h4-7,14H,8H2,1-3H3,(H,13,15). The first-order valence-corrected chi connectivity index (χ1v) is 5.07. The number of anilines is 1. The number of nitrogens with one attached hydrogen (secondary N) is 1. The van der Waals surface area contributed by atoms with Crippen LogP contribution in [-0.4, -0.2) is 23.7 Å². The van der Waals surface area contributed by atoms with Crippen LogP contribution < -0.4 is 5.32 Å². The van der Waals surface area contributed by atoms with Crippen LogP contribution in [0.3, 0.4) is 0 Å². The molecule has 1 aromatic carbocycles. The van der Waals surface area contributed by atoms with Crippen molar-refractivity contribution in [3.05, 3.63) is 24.3 Å². The summed E-state index contributed by atoms with van der Waals surface area (Å²) >= 11 is 0. The van der Waals surface area contributed by atoms with Gasteiger partial charge in [-0.2, -0.15) is 0 Å². The maximum Gasteiger partial charge on any atom is 0.227 e. The second-order valence-electron chi connectivity index (χ2n) is 4.24. The Bertz CT molecular complexity index is 357. The van der Waals surface area contributed by atoms with Crippen molar-refractivity contribution < 1.29 is 14.6 Å².